The number of carbonyl (C=O) groups excluding carboxylic acids is 1. The Kier molecular flexibility index (Phi) is 3.92. The molecule has 1 N–H and O–H groups in total. The van der Waals surface area contributed by atoms with E-state index in [1.165, 1.54) is 11.1 Å². The summed E-state index contributed by atoms with van der Waals surface area (Å²) in [6.07, 6.45) is 3.62. The number of hydrogen-bond acceptors (Lipinski definition) is 3. The molecular formula is C20H21N3O2. The predicted molar refractivity (Wildman–Crippen MR) is 96.2 cm³/mol. The zero-order valence-electron chi connectivity index (χ0n) is 14.5. The minimum atomic E-state index is -0.0896. The maximum Gasteiger partial charge on any atom is 0.270 e. The Labute approximate surface area is 146 Å². The van der Waals surface area contributed by atoms with Gasteiger partial charge < -0.3 is 10.1 Å². The van der Waals surface area contributed by atoms with Crippen molar-refractivity contribution in [3.05, 3.63) is 65.1 Å². The number of nitrogens with one attached hydrogen (secondary N) is 1. The van der Waals surface area contributed by atoms with Crippen molar-refractivity contribution in [2.75, 3.05) is 6.61 Å². The summed E-state index contributed by atoms with van der Waals surface area (Å²) in [6, 6.07) is 12.0. The number of carbonyl (C=O) groups is 1. The van der Waals surface area contributed by atoms with Gasteiger partial charge in [0.1, 0.15) is 17.1 Å². The highest BCUT2D eigenvalue weighted by molar-refractivity contribution is 5.94. The highest BCUT2D eigenvalue weighted by Gasteiger charge is 2.19. The van der Waals surface area contributed by atoms with Crippen LogP contribution < -0.4 is 10.1 Å². The van der Waals surface area contributed by atoms with Crippen LogP contribution >= 0.6 is 0 Å². The number of pyridine rings is 1. The van der Waals surface area contributed by atoms with Crippen molar-refractivity contribution < 1.29 is 9.53 Å². The largest absolute Gasteiger partial charge is 0.493 e. The number of imidazole rings is 1. The number of benzene rings is 1. The summed E-state index contributed by atoms with van der Waals surface area (Å²) in [7, 11) is 0. The van der Waals surface area contributed by atoms with E-state index < -0.39 is 0 Å². The molecule has 3 aromatic rings. The molecular weight excluding hydrogens is 314 g/mol. The zero-order valence-corrected chi connectivity index (χ0v) is 14.5. The fraction of sp³-hybridized carbons (Fsp3) is 0.300. The summed E-state index contributed by atoms with van der Waals surface area (Å²) >= 11 is 0. The van der Waals surface area contributed by atoms with Crippen LogP contribution in [-0.4, -0.2) is 27.9 Å². The molecule has 5 heteroatoms. The van der Waals surface area contributed by atoms with Crippen LogP contribution in [0.2, 0.25) is 0 Å². The summed E-state index contributed by atoms with van der Waals surface area (Å²) in [6.45, 7) is 4.66. The van der Waals surface area contributed by atoms with E-state index in [0.717, 1.165) is 36.5 Å². The molecule has 0 spiro atoms. The Balaban J connectivity index is 1.49. The summed E-state index contributed by atoms with van der Waals surface area (Å²) < 4.78 is 7.38. The predicted octanol–water partition coefficient (Wildman–Crippen LogP) is 2.94. The van der Waals surface area contributed by atoms with Gasteiger partial charge in [-0.3, -0.25) is 9.20 Å². The third-order valence-corrected chi connectivity index (χ3v) is 4.59. The van der Waals surface area contributed by atoms with Crippen LogP contribution in [0.3, 0.4) is 0 Å². The van der Waals surface area contributed by atoms with Gasteiger partial charge in [0.05, 0.1) is 12.3 Å². The van der Waals surface area contributed by atoms with E-state index in [-0.39, 0.29) is 11.9 Å². The second kappa shape index (κ2) is 6.24. The van der Waals surface area contributed by atoms with Gasteiger partial charge in [0.25, 0.3) is 5.91 Å². The van der Waals surface area contributed by atoms with Crippen LogP contribution in [0.1, 0.15) is 34.2 Å². The molecule has 0 radical (unpaired) electrons. The van der Waals surface area contributed by atoms with Gasteiger partial charge in [-0.15, -0.1) is 0 Å². The maximum absolute atomic E-state index is 12.7. The number of nitrogens with zero attached hydrogens (tertiary/aromatic N) is 2. The van der Waals surface area contributed by atoms with Crippen LogP contribution in [-0.2, 0) is 12.8 Å². The van der Waals surface area contributed by atoms with E-state index in [4.69, 9.17) is 4.74 Å². The van der Waals surface area contributed by atoms with Crippen molar-refractivity contribution in [3.8, 4) is 5.75 Å². The number of ether oxygens (including phenoxy) is 1. The molecule has 128 valence electrons. The van der Waals surface area contributed by atoms with E-state index in [2.05, 4.69) is 22.4 Å². The first-order valence-corrected chi connectivity index (χ1v) is 8.61. The molecule has 25 heavy (non-hydrogen) atoms. The van der Waals surface area contributed by atoms with Gasteiger partial charge >= 0.3 is 0 Å². The van der Waals surface area contributed by atoms with Gasteiger partial charge in [-0.05, 0) is 49.6 Å². The number of rotatable bonds is 4. The lowest BCUT2D eigenvalue weighted by atomic mass is 10.0. The lowest BCUT2D eigenvalue weighted by Crippen LogP contribution is -2.35. The molecule has 2 aromatic heterocycles. The second-order valence-electron chi connectivity index (χ2n) is 6.59. The fourth-order valence-corrected chi connectivity index (χ4v) is 3.45. The van der Waals surface area contributed by atoms with Gasteiger partial charge in [-0.2, -0.15) is 0 Å². The van der Waals surface area contributed by atoms with Crippen molar-refractivity contribution in [3.63, 3.8) is 0 Å². The molecule has 0 aliphatic carbocycles. The van der Waals surface area contributed by atoms with Gasteiger partial charge in [0.2, 0.25) is 0 Å². The SMILES string of the molecule is Cc1nc2ccccn2c1C(=O)NC(C)Cc1ccc2c(c1)CCO2. The summed E-state index contributed by atoms with van der Waals surface area (Å²) in [5, 5.41) is 3.10. The molecule has 3 heterocycles. The van der Waals surface area contributed by atoms with E-state index in [1.54, 1.807) is 0 Å². The lowest BCUT2D eigenvalue weighted by Gasteiger charge is -2.15. The van der Waals surface area contributed by atoms with Crippen LogP contribution in [0, 0.1) is 6.92 Å². The van der Waals surface area contributed by atoms with E-state index in [1.807, 2.05) is 48.7 Å². The quantitative estimate of drug-likeness (QED) is 0.797. The molecule has 0 saturated carbocycles. The highest BCUT2D eigenvalue weighted by Crippen LogP contribution is 2.26. The summed E-state index contributed by atoms with van der Waals surface area (Å²) in [5.41, 5.74) is 4.60. The average molecular weight is 335 g/mol. The van der Waals surface area contributed by atoms with Crippen molar-refractivity contribution in [2.45, 2.75) is 32.7 Å². The normalized spacial score (nSPS) is 14.2. The van der Waals surface area contributed by atoms with Crippen LogP contribution in [0.15, 0.2) is 42.6 Å². The van der Waals surface area contributed by atoms with Gasteiger partial charge in [0.15, 0.2) is 0 Å². The monoisotopic (exact) mass is 335 g/mol. The van der Waals surface area contributed by atoms with Crippen molar-refractivity contribution in [1.82, 2.24) is 14.7 Å². The third kappa shape index (κ3) is 2.97. The number of amides is 1. The summed E-state index contributed by atoms with van der Waals surface area (Å²) in [4.78, 5) is 17.2. The molecule has 1 aromatic carbocycles. The zero-order chi connectivity index (χ0) is 17.4. The first kappa shape index (κ1) is 15.7. The van der Waals surface area contributed by atoms with Crippen LogP contribution in [0.5, 0.6) is 5.75 Å². The Bertz CT molecular complexity index is 945. The molecule has 1 atom stereocenters. The molecule has 4 rings (SSSR count). The minimum Gasteiger partial charge on any atom is -0.493 e. The first-order chi connectivity index (χ1) is 12.1. The van der Waals surface area contributed by atoms with Crippen molar-refractivity contribution in [2.24, 2.45) is 0 Å². The Morgan fingerprint density at radius 1 is 1.36 bits per heavy atom. The number of fused-ring (bicyclic) bond motifs is 2. The lowest BCUT2D eigenvalue weighted by molar-refractivity contribution is 0.0933. The number of hydrogen-bond donors (Lipinski definition) is 1. The smallest absolute Gasteiger partial charge is 0.270 e. The molecule has 1 amide bonds. The van der Waals surface area contributed by atoms with E-state index in [9.17, 15) is 4.79 Å². The van der Waals surface area contributed by atoms with Crippen LogP contribution in [0.25, 0.3) is 5.65 Å². The van der Waals surface area contributed by atoms with Gasteiger partial charge in [-0.1, -0.05) is 18.2 Å². The van der Waals surface area contributed by atoms with Crippen molar-refractivity contribution >= 4 is 11.6 Å². The molecule has 1 unspecified atom stereocenters. The number of aryl methyl sites for hydroxylation is 1. The minimum absolute atomic E-state index is 0.0292. The number of aromatic nitrogens is 2. The maximum atomic E-state index is 12.7. The average Bonchev–Trinajstić information content (AvgIpc) is 3.16. The molecule has 0 fully saturated rings. The fourth-order valence-electron chi connectivity index (χ4n) is 3.45. The van der Waals surface area contributed by atoms with Gasteiger partial charge in [0, 0.05) is 18.7 Å². The highest BCUT2D eigenvalue weighted by atomic mass is 16.5. The van der Waals surface area contributed by atoms with Crippen LogP contribution in [0.4, 0.5) is 0 Å². The summed E-state index contributed by atoms with van der Waals surface area (Å²) in [5.74, 6) is 0.898. The van der Waals surface area contributed by atoms with E-state index >= 15 is 0 Å². The Morgan fingerprint density at radius 3 is 3.12 bits per heavy atom. The first-order valence-electron chi connectivity index (χ1n) is 8.61. The third-order valence-electron chi connectivity index (χ3n) is 4.59. The standard InChI is InChI=1S/C20H21N3O2/c1-13(11-15-6-7-17-16(12-15)8-10-25-17)21-20(24)19-14(2)22-18-5-3-4-9-23(18)19/h3-7,9,12-13H,8,10-11H2,1-2H3,(H,21,24). The second-order valence-corrected chi connectivity index (χ2v) is 6.59. The molecule has 1 aliphatic rings. The topological polar surface area (TPSA) is 55.6 Å². The molecule has 0 bridgehead atoms. The molecule has 5 nitrogen and oxygen atoms in total. The molecule has 1 aliphatic heterocycles. The van der Waals surface area contributed by atoms with Crippen molar-refractivity contribution in [1.29, 1.82) is 0 Å². The van der Waals surface area contributed by atoms with Gasteiger partial charge in [-0.25, -0.2) is 4.98 Å². The molecule has 0 saturated heterocycles. The van der Waals surface area contributed by atoms with E-state index in [0.29, 0.717) is 5.69 Å². The Morgan fingerprint density at radius 2 is 2.24 bits per heavy atom. The Hall–Kier alpha value is -2.82.